The van der Waals surface area contributed by atoms with Gasteiger partial charge >= 0.3 is 0 Å². The van der Waals surface area contributed by atoms with E-state index in [2.05, 4.69) is 18.7 Å². The number of rotatable bonds is 8. The number of thiazole rings is 1. The van der Waals surface area contributed by atoms with Crippen LogP contribution in [0.5, 0.6) is 0 Å². The molecular weight excluding hydrogens is 258 g/mol. The van der Waals surface area contributed by atoms with Crippen LogP contribution < -0.4 is 10.6 Å². The van der Waals surface area contributed by atoms with Crippen molar-refractivity contribution in [3.8, 4) is 0 Å². The fraction of sp³-hybridized carbons (Fsp3) is 0.786. The second-order valence-electron chi connectivity index (χ2n) is 5.24. The van der Waals surface area contributed by atoms with Crippen LogP contribution >= 0.6 is 11.3 Å². The van der Waals surface area contributed by atoms with E-state index in [0.717, 1.165) is 24.7 Å². The first-order chi connectivity index (χ1) is 9.21. The predicted octanol–water partition coefficient (Wildman–Crippen LogP) is 2.73. The summed E-state index contributed by atoms with van der Waals surface area (Å²) in [5.74, 6) is 0.493. The summed E-state index contributed by atoms with van der Waals surface area (Å²) in [5.41, 5.74) is 7.08. The molecule has 1 aliphatic rings. The fourth-order valence-electron chi connectivity index (χ4n) is 2.21. The van der Waals surface area contributed by atoms with Crippen molar-refractivity contribution in [3.63, 3.8) is 0 Å². The van der Waals surface area contributed by atoms with Gasteiger partial charge in [-0.2, -0.15) is 0 Å². The highest BCUT2D eigenvalue weighted by atomic mass is 32.1. The third kappa shape index (κ3) is 3.46. The van der Waals surface area contributed by atoms with Gasteiger partial charge in [-0.1, -0.05) is 13.8 Å². The van der Waals surface area contributed by atoms with Gasteiger partial charge in [0.1, 0.15) is 0 Å². The summed E-state index contributed by atoms with van der Waals surface area (Å²) in [4.78, 5) is 8.52. The standard InChI is InChI=1S/C14H25N3OS/c1-4-10(2)13-12(9-15)19-14(16-13)17(7-8-18-3)11-5-6-11/h10-11H,4-9,15H2,1-3H3. The first-order valence-corrected chi connectivity index (χ1v) is 7.98. The molecule has 4 nitrogen and oxygen atoms in total. The summed E-state index contributed by atoms with van der Waals surface area (Å²) in [6.45, 7) is 6.72. The van der Waals surface area contributed by atoms with Gasteiger partial charge < -0.3 is 15.4 Å². The molecule has 0 aromatic carbocycles. The van der Waals surface area contributed by atoms with Crippen LogP contribution in [0.1, 0.15) is 49.6 Å². The third-order valence-electron chi connectivity index (χ3n) is 3.75. The van der Waals surface area contributed by atoms with E-state index in [-0.39, 0.29) is 0 Å². The highest BCUT2D eigenvalue weighted by Gasteiger charge is 2.31. The molecule has 2 rings (SSSR count). The summed E-state index contributed by atoms with van der Waals surface area (Å²) in [5, 5.41) is 1.13. The lowest BCUT2D eigenvalue weighted by Gasteiger charge is -2.20. The van der Waals surface area contributed by atoms with Crippen molar-refractivity contribution in [1.82, 2.24) is 4.98 Å². The summed E-state index contributed by atoms with van der Waals surface area (Å²) in [7, 11) is 1.75. The van der Waals surface area contributed by atoms with Gasteiger partial charge in [0, 0.05) is 31.1 Å². The van der Waals surface area contributed by atoms with Crippen LogP contribution in [0.4, 0.5) is 5.13 Å². The molecule has 1 aromatic heterocycles. The Bertz CT molecular complexity index is 403. The summed E-state index contributed by atoms with van der Waals surface area (Å²) < 4.78 is 5.21. The van der Waals surface area contributed by atoms with Gasteiger partial charge in [0.15, 0.2) is 5.13 Å². The minimum Gasteiger partial charge on any atom is -0.383 e. The van der Waals surface area contributed by atoms with E-state index in [1.165, 1.54) is 23.4 Å². The maximum atomic E-state index is 5.88. The van der Waals surface area contributed by atoms with Gasteiger partial charge in [-0.25, -0.2) is 4.98 Å². The largest absolute Gasteiger partial charge is 0.383 e. The topological polar surface area (TPSA) is 51.4 Å². The Morgan fingerprint density at radius 1 is 1.53 bits per heavy atom. The summed E-state index contributed by atoms with van der Waals surface area (Å²) >= 11 is 1.76. The van der Waals surface area contributed by atoms with Crippen molar-refractivity contribution in [1.29, 1.82) is 0 Å². The minimum atomic E-state index is 0.493. The lowest BCUT2D eigenvalue weighted by molar-refractivity contribution is 0.205. The number of nitrogens with zero attached hydrogens (tertiary/aromatic N) is 2. The molecule has 0 radical (unpaired) electrons. The number of anilines is 1. The average Bonchev–Trinajstić information content (AvgIpc) is 3.17. The molecule has 19 heavy (non-hydrogen) atoms. The van der Waals surface area contributed by atoms with E-state index in [1.807, 2.05) is 0 Å². The Morgan fingerprint density at radius 2 is 2.26 bits per heavy atom. The Labute approximate surface area is 120 Å². The highest BCUT2D eigenvalue weighted by Crippen LogP contribution is 2.37. The zero-order valence-corrected chi connectivity index (χ0v) is 13.0. The second-order valence-corrected chi connectivity index (χ2v) is 6.30. The van der Waals surface area contributed by atoms with Crippen LogP contribution in [-0.2, 0) is 11.3 Å². The van der Waals surface area contributed by atoms with Gasteiger partial charge in [0.05, 0.1) is 12.3 Å². The summed E-state index contributed by atoms with van der Waals surface area (Å²) in [6.07, 6.45) is 3.66. The van der Waals surface area contributed by atoms with Crippen LogP contribution in [0.2, 0.25) is 0 Å². The van der Waals surface area contributed by atoms with Gasteiger partial charge in [0.2, 0.25) is 0 Å². The second kappa shape index (κ2) is 6.68. The Hall–Kier alpha value is -0.650. The smallest absolute Gasteiger partial charge is 0.186 e. The minimum absolute atomic E-state index is 0.493. The van der Waals surface area contributed by atoms with Crippen molar-refractivity contribution >= 4 is 16.5 Å². The molecule has 1 unspecified atom stereocenters. The molecule has 1 aliphatic carbocycles. The molecule has 1 fully saturated rings. The molecule has 0 spiro atoms. The van der Waals surface area contributed by atoms with Crippen LogP contribution in [0.25, 0.3) is 0 Å². The third-order valence-corrected chi connectivity index (χ3v) is 4.88. The lowest BCUT2D eigenvalue weighted by Crippen LogP contribution is -2.29. The SMILES string of the molecule is CCC(C)c1nc(N(CCOC)C2CC2)sc1CN. The lowest BCUT2D eigenvalue weighted by atomic mass is 10.0. The van der Waals surface area contributed by atoms with Crippen molar-refractivity contribution < 1.29 is 4.74 Å². The van der Waals surface area contributed by atoms with E-state index in [9.17, 15) is 0 Å². The van der Waals surface area contributed by atoms with Crippen molar-refractivity contribution in [3.05, 3.63) is 10.6 Å². The van der Waals surface area contributed by atoms with Crippen molar-refractivity contribution in [2.75, 3.05) is 25.2 Å². The molecule has 1 aromatic rings. The first kappa shape index (κ1) is 14.8. The molecule has 2 N–H and O–H groups in total. The number of methoxy groups -OCH3 is 1. The van der Waals surface area contributed by atoms with Crippen molar-refractivity contribution in [2.24, 2.45) is 5.73 Å². The number of aromatic nitrogens is 1. The monoisotopic (exact) mass is 283 g/mol. The zero-order chi connectivity index (χ0) is 13.8. The van der Waals surface area contributed by atoms with E-state index < -0.39 is 0 Å². The molecule has 0 saturated heterocycles. The normalized spacial score (nSPS) is 16.6. The molecule has 1 heterocycles. The van der Waals surface area contributed by atoms with Crippen molar-refractivity contribution in [2.45, 2.75) is 51.6 Å². The number of nitrogens with two attached hydrogens (primary N) is 1. The van der Waals surface area contributed by atoms with Gasteiger partial charge in [-0.05, 0) is 25.2 Å². The first-order valence-electron chi connectivity index (χ1n) is 7.16. The molecule has 0 amide bonds. The molecule has 5 heteroatoms. The van der Waals surface area contributed by atoms with E-state index >= 15 is 0 Å². The van der Waals surface area contributed by atoms with Crippen LogP contribution in [-0.4, -0.2) is 31.3 Å². The van der Waals surface area contributed by atoms with Gasteiger partial charge in [-0.3, -0.25) is 0 Å². The molecule has 108 valence electrons. The van der Waals surface area contributed by atoms with Gasteiger partial charge in [0.25, 0.3) is 0 Å². The van der Waals surface area contributed by atoms with Gasteiger partial charge in [-0.15, -0.1) is 11.3 Å². The number of ether oxygens (including phenoxy) is 1. The van der Waals surface area contributed by atoms with E-state index in [1.54, 1.807) is 18.4 Å². The molecule has 1 atom stereocenters. The number of hydrogen-bond donors (Lipinski definition) is 1. The van der Waals surface area contributed by atoms with E-state index in [0.29, 0.717) is 18.5 Å². The fourth-order valence-corrected chi connectivity index (χ4v) is 3.37. The molecule has 1 saturated carbocycles. The average molecular weight is 283 g/mol. The zero-order valence-electron chi connectivity index (χ0n) is 12.2. The molecule has 0 aliphatic heterocycles. The van der Waals surface area contributed by atoms with Crippen LogP contribution in [0, 0.1) is 0 Å². The predicted molar refractivity (Wildman–Crippen MR) is 81.0 cm³/mol. The Balaban J connectivity index is 2.19. The van der Waals surface area contributed by atoms with Crippen LogP contribution in [0.3, 0.4) is 0 Å². The highest BCUT2D eigenvalue weighted by molar-refractivity contribution is 7.15. The quantitative estimate of drug-likeness (QED) is 0.797. The Kier molecular flexibility index (Phi) is 5.19. The maximum absolute atomic E-state index is 5.88. The Morgan fingerprint density at radius 3 is 2.79 bits per heavy atom. The molecular formula is C14H25N3OS. The number of hydrogen-bond acceptors (Lipinski definition) is 5. The maximum Gasteiger partial charge on any atom is 0.186 e. The van der Waals surface area contributed by atoms with Crippen LogP contribution in [0.15, 0.2) is 0 Å². The molecule has 0 bridgehead atoms. The van der Waals surface area contributed by atoms with E-state index in [4.69, 9.17) is 15.5 Å². The summed E-state index contributed by atoms with van der Waals surface area (Å²) in [6, 6.07) is 0.664.